The van der Waals surface area contributed by atoms with E-state index in [0.29, 0.717) is 47.8 Å². The van der Waals surface area contributed by atoms with E-state index in [4.69, 9.17) is 9.47 Å². The summed E-state index contributed by atoms with van der Waals surface area (Å²) >= 11 is 2.27. The second-order valence-electron chi connectivity index (χ2n) is 6.84. The number of carbonyl (C=O) groups is 1. The van der Waals surface area contributed by atoms with Gasteiger partial charge in [0.15, 0.2) is 16.6 Å². The summed E-state index contributed by atoms with van der Waals surface area (Å²) in [5.41, 5.74) is 0.724. The van der Waals surface area contributed by atoms with Crippen LogP contribution in [-0.2, 0) is 0 Å². The monoisotopic (exact) mass is 498 g/mol. The van der Waals surface area contributed by atoms with Gasteiger partial charge in [0.25, 0.3) is 5.91 Å². The first-order valence-corrected chi connectivity index (χ1v) is 11.6. The highest BCUT2D eigenvalue weighted by Gasteiger charge is 2.26. The number of carbonyl (C=O) groups excluding carboxylic acids is 1. The molecule has 0 radical (unpaired) electrons. The number of nitro groups is 1. The summed E-state index contributed by atoms with van der Waals surface area (Å²) < 4.78 is 12.2. The van der Waals surface area contributed by atoms with Crippen LogP contribution in [0.3, 0.4) is 0 Å². The van der Waals surface area contributed by atoms with Crippen LogP contribution in [0.4, 0.5) is 10.1 Å². The molecule has 0 N–H and O–H groups in total. The molecule has 12 heteroatoms. The topological polar surface area (TPSA) is 98.0 Å². The maximum Gasteiger partial charge on any atom is 0.324 e. The van der Waals surface area contributed by atoms with Crippen molar-refractivity contribution in [1.82, 2.24) is 9.88 Å². The first-order valence-electron chi connectivity index (χ1n) is 9.98. The molecule has 3 aromatic rings. The zero-order valence-corrected chi connectivity index (χ0v) is 20.1. The number of hydrogen-bond acceptors (Lipinski definition) is 9. The summed E-state index contributed by atoms with van der Waals surface area (Å²) in [5.74, 6) is 1.02. The van der Waals surface area contributed by atoms with Gasteiger partial charge in [-0.3, -0.25) is 19.8 Å². The van der Waals surface area contributed by atoms with E-state index in [1.807, 2.05) is 12.1 Å². The van der Waals surface area contributed by atoms with E-state index < -0.39 is 4.92 Å². The van der Waals surface area contributed by atoms with Crippen LogP contribution in [0.5, 0.6) is 11.5 Å². The highest BCUT2D eigenvalue weighted by atomic mass is 35.5. The van der Waals surface area contributed by atoms with Crippen molar-refractivity contribution in [1.29, 1.82) is 0 Å². The Labute approximate surface area is 199 Å². The minimum atomic E-state index is -0.482. The molecule has 0 fully saturated rings. The number of hydrogen-bond donors (Lipinski definition) is 0. The Hall–Kier alpha value is -2.47. The van der Waals surface area contributed by atoms with E-state index >= 15 is 0 Å². The van der Waals surface area contributed by atoms with Crippen LogP contribution in [0.25, 0.3) is 10.2 Å². The van der Waals surface area contributed by atoms with Crippen molar-refractivity contribution in [2.45, 2.75) is 13.8 Å². The first kappa shape index (κ1) is 24.2. The zero-order valence-electron chi connectivity index (χ0n) is 17.6. The molecule has 9 nitrogen and oxygen atoms in total. The molecule has 0 bridgehead atoms. The molecule has 1 amide bonds. The van der Waals surface area contributed by atoms with E-state index in [9.17, 15) is 14.9 Å². The van der Waals surface area contributed by atoms with Crippen LogP contribution in [0, 0.1) is 10.1 Å². The lowest BCUT2D eigenvalue weighted by Gasteiger charge is -2.24. The molecule has 0 saturated heterocycles. The van der Waals surface area contributed by atoms with Crippen LogP contribution in [0.2, 0.25) is 0 Å². The molecule has 3 heterocycles. The predicted octanol–water partition coefficient (Wildman–Crippen LogP) is 4.45. The smallest absolute Gasteiger partial charge is 0.324 e. The van der Waals surface area contributed by atoms with Crippen molar-refractivity contribution in [3.05, 3.63) is 39.3 Å². The molecular formula is C20H23ClN4O5S2. The van der Waals surface area contributed by atoms with Gasteiger partial charge in [0.2, 0.25) is 0 Å². The van der Waals surface area contributed by atoms with Gasteiger partial charge < -0.3 is 14.4 Å². The minimum absolute atomic E-state index is 0. The quantitative estimate of drug-likeness (QED) is 0.334. The van der Waals surface area contributed by atoms with Gasteiger partial charge in [0.05, 0.1) is 20.0 Å². The van der Waals surface area contributed by atoms with Gasteiger partial charge in [-0.1, -0.05) is 36.5 Å². The second-order valence-corrected chi connectivity index (χ2v) is 8.91. The Morgan fingerprint density at radius 3 is 2.44 bits per heavy atom. The van der Waals surface area contributed by atoms with Crippen molar-refractivity contribution < 1.29 is 19.2 Å². The molecule has 172 valence electrons. The van der Waals surface area contributed by atoms with Crippen LogP contribution in [-0.4, -0.2) is 60.1 Å². The average molecular weight is 499 g/mol. The fraction of sp³-hybridized carbons (Fsp3) is 0.400. The molecule has 1 aliphatic heterocycles. The second kappa shape index (κ2) is 10.4. The van der Waals surface area contributed by atoms with E-state index in [0.717, 1.165) is 34.6 Å². The molecule has 4 rings (SSSR count). The third kappa shape index (κ3) is 4.96. The normalized spacial score (nSPS) is 12.6. The largest absolute Gasteiger partial charge is 0.486 e. The fourth-order valence-corrected chi connectivity index (χ4v) is 5.08. The molecule has 32 heavy (non-hydrogen) atoms. The van der Waals surface area contributed by atoms with E-state index in [-0.39, 0.29) is 23.3 Å². The van der Waals surface area contributed by atoms with Crippen LogP contribution < -0.4 is 14.4 Å². The Morgan fingerprint density at radius 1 is 1.12 bits per heavy atom. The summed E-state index contributed by atoms with van der Waals surface area (Å²) in [6, 6.07) is 6.58. The Morgan fingerprint density at radius 2 is 1.81 bits per heavy atom. The summed E-state index contributed by atoms with van der Waals surface area (Å²) in [6.07, 6.45) is 0. The molecule has 0 saturated carbocycles. The van der Waals surface area contributed by atoms with Gasteiger partial charge in [0, 0.05) is 31.3 Å². The first-order chi connectivity index (χ1) is 15.0. The van der Waals surface area contributed by atoms with E-state index in [1.165, 1.54) is 23.5 Å². The number of likely N-dealkylation sites (N-methyl/N-ethyl adjacent to an activating group) is 1. The predicted molar refractivity (Wildman–Crippen MR) is 128 cm³/mol. The molecule has 1 aromatic carbocycles. The maximum absolute atomic E-state index is 13.3. The number of amides is 1. The Kier molecular flexibility index (Phi) is 7.88. The number of thiazole rings is 1. The van der Waals surface area contributed by atoms with Crippen molar-refractivity contribution in [2.24, 2.45) is 0 Å². The van der Waals surface area contributed by atoms with Crippen molar-refractivity contribution >= 4 is 61.3 Å². The van der Waals surface area contributed by atoms with Gasteiger partial charge >= 0.3 is 5.00 Å². The lowest BCUT2D eigenvalue weighted by Crippen LogP contribution is -2.38. The minimum Gasteiger partial charge on any atom is -0.486 e. The third-order valence-electron chi connectivity index (χ3n) is 5.03. The molecule has 0 atom stereocenters. The molecule has 0 aliphatic carbocycles. The number of halogens is 1. The Balaban J connectivity index is 0.00000289. The highest BCUT2D eigenvalue weighted by Crippen LogP contribution is 2.39. The van der Waals surface area contributed by atoms with Crippen molar-refractivity contribution in [2.75, 3.05) is 44.3 Å². The van der Waals surface area contributed by atoms with Gasteiger partial charge in [-0.2, -0.15) is 0 Å². The molecule has 2 aromatic heterocycles. The van der Waals surface area contributed by atoms with Crippen molar-refractivity contribution in [3.63, 3.8) is 0 Å². The number of ether oxygens (including phenoxy) is 2. The van der Waals surface area contributed by atoms with Crippen LogP contribution in [0.1, 0.15) is 23.5 Å². The summed E-state index contributed by atoms with van der Waals surface area (Å²) in [7, 11) is 0. The maximum atomic E-state index is 13.3. The number of fused-ring (bicyclic) bond motifs is 2. The van der Waals surface area contributed by atoms with Crippen LogP contribution >= 0.6 is 35.1 Å². The average Bonchev–Trinajstić information content (AvgIpc) is 3.42. The van der Waals surface area contributed by atoms with Crippen molar-refractivity contribution in [3.8, 4) is 11.5 Å². The number of rotatable bonds is 8. The lowest BCUT2D eigenvalue weighted by molar-refractivity contribution is -0.380. The molecule has 0 spiro atoms. The fourth-order valence-electron chi connectivity index (χ4n) is 3.31. The lowest BCUT2D eigenvalue weighted by atomic mass is 10.3. The van der Waals surface area contributed by atoms with Gasteiger partial charge in [-0.15, -0.1) is 12.4 Å². The zero-order chi connectivity index (χ0) is 22.0. The van der Waals surface area contributed by atoms with Gasteiger partial charge in [-0.25, -0.2) is 4.98 Å². The summed E-state index contributed by atoms with van der Waals surface area (Å²) in [5, 5.41) is 11.6. The third-order valence-corrected chi connectivity index (χ3v) is 7.10. The number of aromatic nitrogens is 1. The van der Waals surface area contributed by atoms with E-state index in [1.54, 1.807) is 4.90 Å². The summed E-state index contributed by atoms with van der Waals surface area (Å²) in [4.78, 5) is 32.7. The summed E-state index contributed by atoms with van der Waals surface area (Å²) in [6.45, 7) is 7.95. The number of anilines is 1. The number of thiophene rings is 1. The molecule has 0 unspecified atom stereocenters. The van der Waals surface area contributed by atoms with Gasteiger partial charge in [0.1, 0.15) is 13.2 Å². The number of benzene rings is 1. The van der Waals surface area contributed by atoms with Crippen LogP contribution in [0.15, 0.2) is 24.3 Å². The molecule has 1 aliphatic rings. The highest BCUT2D eigenvalue weighted by molar-refractivity contribution is 7.22. The SMILES string of the molecule is CCN(CC)CCN(C(=O)c1ccc([N+](=O)[O-])s1)c1nc2cc3c(cc2s1)OCCO3.Cl. The van der Waals surface area contributed by atoms with Gasteiger partial charge in [-0.05, 0) is 19.2 Å². The Bertz CT molecular complexity index is 1070. The standard InChI is InChI=1S/C20H22N4O5S2.ClH/c1-3-22(4-2)7-8-23(19(25)16-5-6-18(30-16)24(26)27)20-21-13-11-14-15(12-17(13)31-20)29-10-9-28-14;/h5-6,11-12H,3-4,7-10H2,1-2H3;1H. The molecular weight excluding hydrogens is 476 g/mol. The number of nitrogens with zero attached hydrogens (tertiary/aromatic N) is 4. The van der Waals surface area contributed by atoms with E-state index in [2.05, 4.69) is 23.7 Å².